The molecule has 36 heavy (non-hydrogen) atoms. The van der Waals surface area contributed by atoms with Gasteiger partial charge in [-0.25, -0.2) is 4.79 Å². The van der Waals surface area contributed by atoms with Crippen LogP contribution in [0, 0.1) is 0 Å². The third-order valence-electron chi connectivity index (χ3n) is 4.81. The molecule has 1 aliphatic rings. The van der Waals surface area contributed by atoms with Gasteiger partial charge in [-0.15, -0.1) is 0 Å². The number of esters is 1. The molecule has 3 aromatic rings. The first-order valence-electron chi connectivity index (χ1n) is 8.95. The average Bonchev–Trinajstić information content (AvgIpc) is 2.99. The minimum absolute atomic E-state index is 0. The van der Waals surface area contributed by atoms with Crippen LogP contribution in [0.25, 0.3) is 0 Å². The number of ether oxygens (including phenoxy) is 1. The van der Waals surface area contributed by atoms with Gasteiger partial charge in [-0.05, 0) is 41.5 Å². The Hall–Kier alpha value is 1.03. The maximum absolute atomic E-state index is 13.2. The number of phosphoric ester groups is 2. The quantitative estimate of drug-likeness (QED) is 0.121. The van der Waals surface area contributed by atoms with E-state index >= 15 is 0 Å². The summed E-state index contributed by atoms with van der Waals surface area (Å²) in [7, 11) is -10.5. The van der Waals surface area contributed by atoms with Gasteiger partial charge in [0.1, 0.15) is 38.3 Å². The van der Waals surface area contributed by atoms with E-state index in [1.807, 2.05) is 0 Å². The van der Waals surface area contributed by atoms with Gasteiger partial charge in [0.05, 0.1) is 0 Å². The number of phosphoric acid groups is 2. The Kier molecular flexibility index (Phi) is 15.0. The van der Waals surface area contributed by atoms with E-state index in [-0.39, 0.29) is 130 Å². The maximum atomic E-state index is 13.2. The molecule has 1 heterocycles. The van der Waals surface area contributed by atoms with Crippen molar-refractivity contribution in [2.45, 2.75) is 5.41 Å². The monoisotopic (exact) mass is 566 g/mol. The molecular formula is C20H12Na4O10P2. The Morgan fingerprint density at radius 3 is 1.42 bits per heavy atom. The van der Waals surface area contributed by atoms with E-state index in [9.17, 15) is 33.5 Å². The van der Waals surface area contributed by atoms with Gasteiger partial charge in [0.15, 0.2) is 0 Å². The van der Waals surface area contributed by atoms with Crippen LogP contribution in [-0.4, -0.2) is 5.97 Å². The maximum Gasteiger partial charge on any atom is 1.00 e. The van der Waals surface area contributed by atoms with Gasteiger partial charge in [0.2, 0.25) is 0 Å². The molecule has 1 aliphatic heterocycles. The van der Waals surface area contributed by atoms with Gasteiger partial charge in [0, 0.05) is 5.56 Å². The molecule has 0 amide bonds. The first-order chi connectivity index (χ1) is 15.0. The topological polar surface area (TPSA) is 171 Å². The number of carbonyl (C=O) groups is 1. The molecule has 0 aliphatic carbocycles. The van der Waals surface area contributed by atoms with Crippen molar-refractivity contribution in [3.8, 4) is 17.2 Å². The molecule has 0 spiro atoms. The Bertz CT molecular complexity index is 1210. The molecule has 0 saturated carbocycles. The first-order valence-corrected chi connectivity index (χ1v) is 11.9. The van der Waals surface area contributed by atoms with Crippen molar-refractivity contribution in [1.29, 1.82) is 0 Å². The van der Waals surface area contributed by atoms with E-state index < -0.39 is 27.0 Å². The standard InChI is InChI=1S/C20H16O10P2.4Na/c21-19-20(17-3-1-2-4-18(17)28-19,13-5-9-15(10-6-13)29-31(22,23)24)14-7-11-16(12-8-14)30-32(25,26)27;;;;/h1-12H,(H2,22,23,24)(H2,25,26,27);;;;/q;4*+1/p-4. The summed E-state index contributed by atoms with van der Waals surface area (Å²) in [5, 5.41) is 0. The summed E-state index contributed by atoms with van der Waals surface area (Å²) >= 11 is 0. The van der Waals surface area contributed by atoms with Crippen LogP contribution < -0.4 is 152 Å². The minimum atomic E-state index is -5.27. The summed E-state index contributed by atoms with van der Waals surface area (Å²) in [6.07, 6.45) is 0. The number of carbonyl (C=O) groups excluding carboxylic acids is 1. The average molecular weight is 566 g/mol. The third kappa shape index (κ3) is 8.27. The first kappa shape index (κ1) is 37.0. The van der Waals surface area contributed by atoms with Crippen LogP contribution in [-0.2, 0) is 19.3 Å². The van der Waals surface area contributed by atoms with Gasteiger partial charge in [-0.2, -0.15) is 0 Å². The molecule has 0 atom stereocenters. The summed E-state index contributed by atoms with van der Waals surface area (Å²) < 4.78 is 35.9. The van der Waals surface area contributed by atoms with Crippen LogP contribution in [0.5, 0.6) is 17.2 Å². The predicted molar refractivity (Wildman–Crippen MR) is 101 cm³/mol. The zero-order valence-corrected chi connectivity index (χ0v) is 29.7. The van der Waals surface area contributed by atoms with Gasteiger partial charge in [0.25, 0.3) is 0 Å². The zero-order chi connectivity index (χ0) is 23.1. The molecule has 0 aromatic heterocycles. The Morgan fingerprint density at radius 1 is 0.639 bits per heavy atom. The number of rotatable bonds is 6. The summed E-state index contributed by atoms with van der Waals surface area (Å²) in [5.74, 6) is -0.840. The SMILES string of the molecule is O=C1Oc2ccccc2C1(c1ccc(OP(=O)([O-])[O-])cc1)c1ccc(OP(=O)([O-])[O-])cc1.[Na+].[Na+].[Na+].[Na+]. The predicted octanol–water partition coefficient (Wildman–Crippen LogP) is -11.6. The molecule has 3 aromatic carbocycles. The van der Waals surface area contributed by atoms with E-state index in [4.69, 9.17) is 4.74 Å². The zero-order valence-electron chi connectivity index (χ0n) is 19.9. The molecule has 0 radical (unpaired) electrons. The molecule has 0 N–H and O–H groups in total. The Morgan fingerprint density at radius 2 is 1.03 bits per heavy atom. The molecule has 4 rings (SSSR count). The normalized spacial score (nSPS) is 13.4. The molecule has 0 fully saturated rings. The van der Waals surface area contributed by atoms with Crippen LogP contribution in [0.2, 0.25) is 0 Å². The van der Waals surface area contributed by atoms with Crippen LogP contribution in [0.15, 0.2) is 72.8 Å². The molecule has 10 nitrogen and oxygen atoms in total. The Labute approximate surface area is 295 Å². The number of para-hydroxylation sites is 1. The molecule has 0 saturated heterocycles. The van der Waals surface area contributed by atoms with Crippen LogP contribution in [0.4, 0.5) is 0 Å². The van der Waals surface area contributed by atoms with Gasteiger partial charge < -0.3 is 42.5 Å². The summed E-state index contributed by atoms with van der Waals surface area (Å²) in [5.41, 5.74) is -0.314. The van der Waals surface area contributed by atoms with Gasteiger partial charge in [-0.3, -0.25) is 0 Å². The Balaban J connectivity index is 0.00000306. The summed E-state index contributed by atoms with van der Waals surface area (Å²) in [4.78, 5) is 56.7. The van der Waals surface area contributed by atoms with E-state index in [0.717, 1.165) is 0 Å². The van der Waals surface area contributed by atoms with Crippen molar-refractivity contribution in [1.82, 2.24) is 0 Å². The van der Waals surface area contributed by atoms with Crippen molar-refractivity contribution in [2.24, 2.45) is 0 Å². The third-order valence-corrected chi connectivity index (χ3v) is 5.68. The minimum Gasteiger partial charge on any atom is -0.780 e. The van der Waals surface area contributed by atoms with E-state index in [0.29, 0.717) is 22.4 Å². The fourth-order valence-corrected chi connectivity index (χ4v) is 4.41. The number of fused-ring (bicyclic) bond motifs is 1. The molecular weight excluding hydrogens is 554 g/mol. The summed E-state index contributed by atoms with van der Waals surface area (Å²) in [6, 6.07) is 17.1. The molecule has 166 valence electrons. The van der Waals surface area contributed by atoms with E-state index in [2.05, 4.69) is 9.05 Å². The number of hydrogen-bond donors (Lipinski definition) is 0. The second-order valence-corrected chi connectivity index (χ2v) is 8.92. The van der Waals surface area contributed by atoms with E-state index in [1.165, 1.54) is 48.5 Å². The van der Waals surface area contributed by atoms with Gasteiger partial charge >= 0.3 is 124 Å². The van der Waals surface area contributed by atoms with Gasteiger partial charge in [-0.1, -0.05) is 42.5 Å². The molecule has 0 bridgehead atoms. The van der Waals surface area contributed by atoms with E-state index in [1.54, 1.807) is 24.3 Å². The van der Waals surface area contributed by atoms with Crippen molar-refractivity contribution in [3.05, 3.63) is 89.5 Å². The van der Waals surface area contributed by atoms with Crippen LogP contribution in [0.3, 0.4) is 0 Å². The summed E-state index contributed by atoms with van der Waals surface area (Å²) in [6.45, 7) is 0. The largest absolute Gasteiger partial charge is 1.00 e. The van der Waals surface area contributed by atoms with Crippen molar-refractivity contribution in [2.75, 3.05) is 0 Å². The fourth-order valence-electron chi connectivity index (χ4n) is 3.65. The van der Waals surface area contributed by atoms with Crippen molar-refractivity contribution < 1.29 is 166 Å². The fraction of sp³-hybridized carbons (Fsp3) is 0.0500. The van der Waals surface area contributed by atoms with Crippen LogP contribution in [0.1, 0.15) is 16.7 Å². The second-order valence-electron chi connectivity index (χ2n) is 6.76. The molecule has 0 unspecified atom stereocenters. The van der Waals surface area contributed by atoms with Crippen molar-refractivity contribution >= 4 is 21.6 Å². The number of hydrogen-bond acceptors (Lipinski definition) is 10. The number of benzene rings is 3. The van der Waals surface area contributed by atoms with Crippen LogP contribution >= 0.6 is 15.6 Å². The smallest absolute Gasteiger partial charge is 0.780 e. The second kappa shape index (κ2) is 14.6. The molecule has 16 heteroatoms. The van der Waals surface area contributed by atoms with Crippen molar-refractivity contribution in [3.63, 3.8) is 0 Å².